The number of benzene rings is 2. The van der Waals surface area contributed by atoms with E-state index in [9.17, 15) is 0 Å². The topological polar surface area (TPSA) is 72.5 Å². The van der Waals surface area contributed by atoms with Crippen LogP contribution in [0.3, 0.4) is 0 Å². The van der Waals surface area contributed by atoms with Gasteiger partial charge in [0.05, 0.1) is 10.9 Å². The summed E-state index contributed by atoms with van der Waals surface area (Å²) in [5.74, 6) is 2.28. The van der Waals surface area contributed by atoms with E-state index in [1.54, 1.807) is 11.3 Å². The number of aromatic amines is 1. The fourth-order valence-corrected chi connectivity index (χ4v) is 4.36. The van der Waals surface area contributed by atoms with Crippen LogP contribution in [-0.2, 0) is 0 Å². The summed E-state index contributed by atoms with van der Waals surface area (Å²) in [6, 6.07) is 11.9. The van der Waals surface area contributed by atoms with Gasteiger partial charge in [0.1, 0.15) is 29.5 Å². The number of likely N-dealkylation sites (N-methyl/N-ethyl adjacent to an activating group) is 1. The van der Waals surface area contributed by atoms with Crippen LogP contribution in [0.5, 0.6) is 17.2 Å². The average Bonchev–Trinajstić information content (AvgIpc) is 3.43. The molecule has 2 aromatic heterocycles. The zero-order valence-corrected chi connectivity index (χ0v) is 17.6. The molecule has 4 aromatic rings. The number of nitrogens with one attached hydrogen (secondary N) is 1. The zero-order chi connectivity index (χ0) is 20.5. The third kappa shape index (κ3) is 3.71. The molecule has 0 radical (unpaired) electrons. The third-order valence-electron chi connectivity index (χ3n) is 4.89. The maximum atomic E-state index is 6.16. The lowest BCUT2D eigenvalue weighted by molar-refractivity contribution is 0.0912. The van der Waals surface area contributed by atoms with Gasteiger partial charge in [-0.2, -0.15) is 5.10 Å². The molecule has 2 aromatic carbocycles. The Hall–Kier alpha value is -3.10. The second-order valence-corrected chi connectivity index (χ2v) is 8.44. The molecule has 5 rings (SSSR count). The van der Waals surface area contributed by atoms with Crippen molar-refractivity contribution in [1.82, 2.24) is 20.1 Å². The normalized spacial score (nSPS) is 15.6. The first-order valence-electron chi connectivity index (χ1n) is 9.77. The third-order valence-corrected chi connectivity index (χ3v) is 5.98. The number of para-hydroxylation sites is 2. The highest BCUT2D eigenvalue weighted by Gasteiger charge is 2.26. The number of rotatable bonds is 6. The second-order valence-electron chi connectivity index (χ2n) is 7.38. The molecule has 0 bridgehead atoms. The van der Waals surface area contributed by atoms with Crippen LogP contribution in [0.1, 0.15) is 11.1 Å². The van der Waals surface area contributed by atoms with Gasteiger partial charge in [0.2, 0.25) is 0 Å². The molecule has 3 heterocycles. The van der Waals surface area contributed by atoms with Gasteiger partial charge in [0, 0.05) is 18.3 Å². The van der Waals surface area contributed by atoms with E-state index in [-0.39, 0.29) is 6.10 Å². The van der Waals surface area contributed by atoms with Crippen molar-refractivity contribution in [3.63, 3.8) is 0 Å². The van der Waals surface area contributed by atoms with Crippen molar-refractivity contribution in [2.45, 2.75) is 6.10 Å². The number of hydrogen-bond donors (Lipinski definition) is 1. The maximum absolute atomic E-state index is 6.16. The lowest BCUT2D eigenvalue weighted by Crippen LogP contribution is -2.21. The largest absolute Gasteiger partial charge is 0.490 e. The molecule has 1 atom stereocenters. The highest BCUT2D eigenvalue weighted by Crippen LogP contribution is 2.41. The minimum Gasteiger partial charge on any atom is -0.490 e. The molecule has 1 N–H and O–H groups in total. The number of fused-ring (bicyclic) bond motifs is 2. The van der Waals surface area contributed by atoms with Crippen molar-refractivity contribution < 1.29 is 14.2 Å². The van der Waals surface area contributed by atoms with Crippen molar-refractivity contribution in [3.8, 4) is 28.4 Å². The van der Waals surface area contributed by atoms with Gasteiger partial charge in [-0.1, -0.05) is 12.1 Å². The highest BCUT2D eigenvalue weighted by atomic mass is 32.1. The number of hydrogen-bond acceptors (Lipinski definition) is 7. The summed E-state index contributed by atoms with van der Waals surface area (Å²) in [4.78, 5) is 6.97. The van der Waals surface area contributed by atoms with E-state index in [0.29, 0.717) is 13.2 Å². The number of H-pyrrole nitrogens is 1. The van der Waals surface area contributed by atoms with Crippen LogP contribution in [-0.4, -0.2) is 53.9 Å². The molecule has 0 spiro atoms. The lowest BCUT2D eigenvalue weighted by Gasteiger charge is -2.24. The summed E-state index contributed by atoms with van der Waals surface area (Å²) in [7, 11) is 4.06. The first-order valence-corrected chi connectivity index (χ1v) is 10.6. The highest BCUT2D eigenvalue weighted by molar-refractivity contribution is 7.18. The maximum Gasteiger partial charge on any atom is 0.184 e. The molecule has 1 aliphatic rings. The van der Waals surface area contributed by atoms with Gasteiger partial charge < -0.3 is 19.1 Å². The van der Waals surface area contributed by atoms with E-state index < -0.39 is 0 Å². The number of thiazole rings is 1. The number of ether oxygens (including phenoxy) is 3. The number of nitrogens with zero attached hydrogens (tertiary/aromatic N) is 3. The summed E-state index contributed by atoms with van der Waals surface area (Å²) in [5, 5.41) is 7.82. The molecule has 154 valence electrons. The van der Waals surface area contributed by atoms with Gasteiger partial charge in [-0.05, 0) is 43.9 Å². The Morgan fingerprint density at radius 2 is 2.07 bits per heavy atom. The molecule has 0 aliphatic carbocycles. The van der Waals surface area contributed by atoms with Gasteiger partial charge in [0.25, 0.3) is 0 Å². The van der Waals surface area contributed by atoms with Crippen LogP contribution in [0.2, 0.25) is 0 Å². The summed E-state index contributed by atoms with van der Waals surface area (Å²) in [6.45, 7) is 1.84. The van der Waals surface area contributed by atoms with Crippen LogP contribution < -0.4 is 14.2 Å². The fourth-order valence-electron chi connectivity index (χ4n) is 3.32. The summed E-state index contributed by atoms with van der Waals surface area (Å²) < 4.78 is 19.2. The van der Waals surface area contributed by atoms with Gasteiger partial charge in [-0.25, -0.2) is 4.98 Å². The smallest absolute Gasteiger partial charge is 0.184 e. The number of aromatic nitrogens is 3. The molecule has 1 unspecified atom stereocenters. The monoisotopic (exact) mass is 422 g/mol. The van der Waals surface area contributed by atoms with Crippen LogP contribution in [0.15, 0.2) is 48.8 Å². The van der Waals surface area contributed by atoms with Crippen LogP contribution in [0.25, 0.3) is 21.3 Å². The molecule has 1 aliphatic heterocycles. The Labute approximate surface area is 178 Å². The fraction of sp³-hybridized carbons (Fsp3) is 0.273. The predicted octanol–water partition coefficient (Wildman–Crippen LogP) is 4.14. The Kier molecular flexibility index (Phi) is 5.02. The summed E-state index contributed by atoms with van der Waals surface area (Å²) >= 11 is 1.61. The van der Waals surface area contributed by atoms with Crippen molar-refractivity contribution >= 4 is 21.6 Å². The Morgan fingerprint density at radius 1 is 1.20 bits per heavy atom. The predicted molar refractivity (Wildman–Crippen MR) is 117 cm³/mol. The van der Waals surface area contributed by atoms with Gasteiger partial charge in [0.15, 0.2) is 17.6 Å². The lowest BCUT2D eigenvalue weighted by atomic mass is 10.1. The molecule has 30 heavy (non-hydrogen) atoms. The molecular formula is C22H22N4O3S. The van der Waals surface area contributed by atoms with Crippen molar-refractivity contribution in [1.29, 1.82) is 0 Å². The quantitative estimate of drug-likeness (QED) is 0.504. The molecule has 0 saturated heterocycles. The van der Waals surface area contributed by atoms with Crippen LogP contribution >= 0.6 is 11.3 Å². The minimum atomic E-state index is -0.246. The molecular weight excluding hydrogens is 400 g/mol. The average molecular weight is 423 g/mol. The van der Waals surface area contributed by atoms with E-state index in [1.807, 2.05) is 56.8 Å². The molecule has 8 heteroatoms. The summed E-state index contributed by atoms with van der Waals surface area (Å²) in [6.07, 6.45) is 3.44. The molecule has 0 saturated carbocycles. The molecule has 0 amide bonds. The van der Waals surface area contributed by atoms with E-state index in [4.69, 9.17) is 19.2 Å². The van der Waals surface area contributed by atoms with Crippen molar-refractivity contribution in [2.75, 3.05) is 33.9 Å². The van der Waals surface area contributed by atoms with E-state index >= 15 is 0 Å². The molecule has 0 fully saturated rings. The first-order chi connectivity index (χ1) is 14.7. The van der Waals surface area contributed by atoms with E-state index in [0.717, 1.165) is 50.1 Å². The second kappa shape index (κ2) is 7.97. The first kappa shape index (κ1) is 18.9. The summed E-state index contributed by atoms with van der Waals surface area (Å²) in [5.41, 5.74) is 2.90. The van der Waals surface area contributed by atoms with Gasteiger partial charge in [-0.3, -0.25) is 5.10 Å². The molecule has 7 nitrogen and oxygen atoms in total. The SMILES string of the molecule is CN(C)CCOc1cc(-c2cn[nH]c2)cc2sc(C3COc4ccccc4O3)nc12. The Morgan fingerprint density at radius 3 is 2.87 bits per heavy atom. The van der Waals surface area contributed by atoms with Gasteiger partial charge >= 0.3 is 0 Å². The Bertz CT molecular complexity index is 1160. The van der Waals surface area contributed by atoms with Crippen molar-refractivity contribution in [2.24, 2.45) is 0 Å². The Balaban J connectivity index is 1.50. The van der Waals surface area contributed by atoms with Crippen LogP contribution in [0, 0.1) is 0 Å². The van der Waals surface area contributed by atoms with E-state index in [2.05, 4.69) is 21.2 Å². The standard InChI is InChI=1S/C22H22N4O3S/c1-26(2)7-8-27-18-9-14(15-11-23-24-12-15)10-20-21(18)25-22(30-20)19-13-28-16-5-3-4-6-17(16)29-19/h3-6,9-12,19H,7-8,13H2,1-2H3,(H,23,24). The van der Waals surface area contributed by atoms with E-state index in [1.165, 1.54) is 0 Å². The van der Waals surface area contributed by atoms with Crippen molar-refractivity contribution in [3.05, 3.63) is 53.8 Å². The zero-order valence-electron chi connectivity index (χ0n) is 16.8. The minimum absolute atomic E-state index is 0.246. The van der Waals surface area contributed by atoms with Gasteiger partial charge in [-0.15, -0.1) is 11.3 Å². The van der Waals surface area contributed by atoms with Crippen LogP contribution in [0.4, 0.5) is 0 Å².